The van der Waals surface area contributed by atoms with Gasteiger partial charge in [-0.25, -0.2) is 4.79 Å². The monoisotopic (exact) mass is 210 g/mol. The van der Waals surface area contributed by atoms with Gasteiger partial charge in [0.05, 0.1) is 10.7 Å². The van der Waals surface area contributed by atoms with Gasteiger partial charge in [0, 0.05) is 12.6 Å². The molecule has 72 valence electrons. The molecule has 0 bridgehead atoms. The predicted octanol–water partition coefficient (Wildman–Crippen LogP) is 1.67. The molecule has 5 heteroatoms. The molecule has 1 aromatic carbocycles. The van der Waals surface area contributed by atoms with Crippen LogP contribution in [0.3, 0.4) is 0 Å². The minimum Gasteiger partial charge on any atom is -0.355 e. The molecule has 4 nitrogen and oxygen atoms in total. The van der Waals surface area contributed by atoms with Crippen LogP contribution in [0.2, 0.25) is 5.02 Å². The maximum absolute atomic E-state index is 11.2. The van der Waals surface area contributed by atoms with E-state index in [0.29, 0.717) is 10.6 Å². The van der Waals surface area contributed by atoms with Gasteiger partial charge in [-0.15, -0.1) is 0 Å². The van der Waals surface area contributed by atoms with E-state index in [0.717, 1.165) is 0 Å². The van der Waals surface area contributed by atoms with Gasteiger partial charge in [-0.2, -0.15) is 4.99 Å². The van der Waals surface area contributed by atoms with Crippen LogP contribution in [0, 0.1) is 0 Å². The fraction of sp³-hybridized carbons (Fsp3) is 0.111. The number of benzene rings is 1. The molecule has 0 aliphatic rings. The van der Waals surface area contributed by atoms with Crippen molar-refractivity contribution < 1.29 is 9.59 Å². The fourth-order valence-electron chi connectivity index (χ4n) is 0.933. The van der Waals surface area contributed by atoms with Crippen molar-refractivity contribution >= 4 is 29.3 Å². The Morgan fingerprint density at radius 1 is 1.57 bits per heavy atom. The second kappa shape index (κ2) is 4.56. The molecule has 1 aromatic rings. The SMILES string of the molecule is CNC(=O)c1ccc(Cl)c(N=C=O)c1. The van der Waals surface area contributed by atoms with Crippen molar-refractivity contribution in [1.29, 1.82) is 0 Å². The number of halogens is 1. The first-order valence-corrected chi connectivity index (χ1v) is 4.16. The standard InChI is InChI=1S/C9H7ClN2O2/c1-11-9(14)6-2-3-7(10)8(4-6)12-5-13/h2-4H,1H3,(H,11,14). The quantitative estimate of drug-likeness (QED) is 0.596. The maximum Gasteiger partial charge on any atom is 0.251 e. The summed E-state index contributed by atoms with van der Waals surface area (Å²) in [5.74, 6) is -0.260. The number of amides is 1. The third kappa shape index (κ3) is 2.19. The molecule has 1 N–H and O–H groups in total. The van der Waals surface area contributed by atoms with E-state index in [1.165, 1.54) is 25.3 Å². The van der Waals surface area contributed by atoms with Gasteiger partial charge >= 0.3 is 0 Å². The highest BCUT2D eigenvalue weighted by atomic mass is 35.5. The molecule has 0 aliphatic carbocycles. The van der Waals surface area contributed by atoms with Crippen molar-refractivity contribution in [1.82, 2.24) is 5.32 Å². The van der Waals surface area contributed by atoms with Gasteiger partial charge in [-0.1, -0.05) is 11.6 Å². The Hall–Kier alpha value is -1.64. The van der Waals surface area contributed by atoms with Crippen molar-refractivity contribution in [3.05, 3.63) is 28.8 Å². The third-order valence-corrected chi connectivity index (χ3v) is 1.92. The Morgan fingerprint density at radius 3 is 2.86 bits per heavy atom. The number of rotatable bonds is 2. The molecule has 0 fully saturated rings. The normalized spacial score (nSPS) is 9.00. The first-order valence-electron chi connectivity index (χ1n) is 3.78. The summed E-state index contributed by atoms with van der Waals surface area (Å²) in [6, 6.07) is 4.47. The van der Waals surface area contributed by atoms with E-state index in [4.69, 9.17) is 11.6 Å². The first kappa shape index (κ1) is 10.4. The predicted molar refractivity (Wildman–Crippen MR) is 52.6 cm³/mol. The number of isocyanates is 1. The largest absolute Gasteiger partial charge is 0.355 e. The Balaban J connectivity index is 3.18. The van der Waals surface area contributed by atoms with E-state index in [2.05, 4.69) is 10.3 Å². The first-order chi connectivity index (χ1) is 6.69. The fourth-order valence-corrected chi connectivity index (χ4v) is 1.09. The summed E-state index contributed by atoms with van der Waals surface area (Å²) in [6.07, 6.45) is 1.37. The summed E-state index contributed by atoms with van der Waals surface area (Å²) < 4.78 is 0. The van der Waals surface area contributed by atoms with E-state index in [1.807, 2.05) is 0 Å². The molecular weight excluding hydrogens is 204 g/mol. The second-order valence-corrected chi connectivity index (χ2v) is 2.86. The van der Waals surface area contributed by atoms with Gasteiger partial charge in [-0.3, -0.25) is 4.79 Å². The highest BCUT2D eigenvalue weighted by molar-refractivity contribution is 6.33. The topological polar surface area (TPSA) is 58.5 Å². The van der Waals surface area contributed by atoms with Crippen molar-refractivity contribution in [2.24, 2.45) is 4.99 Å². The molecular formula is C9H7ClN2O2. The van der Waals surface area contributed by atoms with Crippen LogP contribution in [0.4, 0.5) is 5.69 Å². The van der Waals surface area contributed by atoms with Gasteiger partial charge in [-0.05, 0) is 18.2 Å². The number of carbonyl (C=O) groups is 1. The van der Waals surface area contributed by atoms with Crippen LogP contribution in [0.25, 0.3) is 0 Å². The van der Waals surface area contributed by atoms with Crippen LogP contribution in [-0.4, -0.2) is 19.0 Å². The van der Waals surface area contributed by atoms with Crippen molar-refractivity contribution in [3.63, 3.8) is 0 Å². The number of hydrogen-bond donors (Lipinski definition) is 1. The number of hydrogen-bond acceptors (Lipinski definition) is 3. The van der Waals surface area contributed by atoms with Gasteiger partial charge in [0.15, 0.2) is 0 Å². The van der Waals surface area contributed by atoms with Gasteiger partial charge < -0.3 is 5.32 Å². The summed E-state index contributed by atoms with van der Waals surface area (Å²) in [7, 11) is 1.51. The average molecular weight is 211 g/mol. The number of aliphatic imine (C=N–C) groups is 1. The summed E-state index contributed by atoms with van der Waals surface area (Å²) >= 11 is 5.72. The Kier molecular flexibility index (Phi) is 3.40. The average Bonchev–Trinajstić information content (AvgIpc) is 2.20. The Bertz CT molecular complexity index is 411. The molecule has 0 radical (unpaired) electrons. The molecule has 0 unspecified atom stereocenters. The van der Waals surface area contributed by atoms with E-state index in [9.17, 15) is 9.59 Å². The highest BCUT2D eigenvalue weighted by Crippen LogP contribution is 2.25. The molecule has 0 saturated heterocycles. The van der Waals surface area contributed by atoms with Crippen LogP contribution < -0.4 is 5.32 Å². The Morgan fingerprint density at radius 2 is 2.29 bits per heavy atom. The summed E-state index contributed by atoms with van der Waals surface area (Å²) in [4.78, 5) is 24.6. The summed E-state index contributed by atoms with van der Waals surface area (Å²) in [5, 5.41) is 2.75. The lowest BCUT2D eigenvalue weighted by Gasteiger charge is -2.01. The molecule has 0 aromatic heterocycles. The minimum atomic E-state index is -0.260. The van der Waals surface area contributed by atoms with Crippen LogP contribution in [-0.2, 0) is 4.79 Å². The van der Waals surface area contributed by atoms with E-state index in [-0.39, 0.29) is 11.6 Å². The molecule has 0 atom stereocenters. The van der Waals surface area contributed by atoms with E-state index >= 15 is 0 Å². The summed E-state index contributed by atoms with van der Waals surface area (Å²) in [5.41, 5.74) is 0.633. The zero-order chi connectivity index (χ0) is 10.6. The van der Waals surface area contributed by atoms with Gasteiger partial charge in [0.1, 0.15) is 0 Å². The number of carbonyl (C=O) groups excluding carboxylic acids is 2. The summed E-state index contributed by atoms with van der Waals surface area (Å²) in [6.45, 7) is 0. The molecule has 1 rings (SSSR count). The van der Waals surface area contributed by atoms with Crippen LogP contribution in [0.5, 0.6) is 0 Å². The zero-order valence-corrected chi connectivity index (χ0v) is 8.13. The van der Waals surface area contributed by atoms with Crippen LogP contribution in [0.1, 0.15) is 10.4 Å². The highest BCUT2D eigenvalue weighted by Gasteiger charge is 2.06. The smallest absolute Gasteiger partial charge is 0.251 e. The zero-order valence-electron chi connectivity index (χ0n) is 7.37. The van der Waals surface area contributed by atoms with Gasteiger partial charge in [0.2, 0.25) is 6.08 Å². The van der Waals surface area contributed by atoms with E-state index < -0.39 is 0 Å². The van der Waals surface area contributed by atoms with Crippen molar-refractivity contribution in [2.45, 2.75) is 0 Å². The lowest BCUT2D eigenvalue weighted by Crippen LogP contribution is -2.17. The van der Waals surface area contributed by atoms with Crippen LogP contribution in [0.15, 0.2) is 23.2 Å². The molecule has 1 amide bonds. The molecule has 0 aliphatic heterocycles. The molecule has 0 saturated carbocycles. The van der Waals surface area contributed by atoms with Crippen molar-refractivity contribution in [2.75, 3.05) is 7.05 Å². The molecule has 0 heterocycles. The molecule has 0 spiro atoms. The number of nitrogens with zero attached hydrogens (tertiary/aromatic N) is 1. The van der Waals surface area contributed by atoms with Crippen LogP contribution >= 0.6 is 11.6 Å². The van der Waals surface area contributed by atoms with Crippen molar-refractivity contribution in [3.8, 4) is 0 Å². The lowest BCUT2D eigenvalue weighted by atomic mass is 10.2. The second-order valence-electron chi connectivity index (χ2n) is 2.45. The van der Waals surface area contributed by atoms with Gasteiger partial charge in [0.25, 0.3) is 5.91 Å². The van der Waals surface area contributed by atoms with E-state index in [1.54, 1.807) is 6.07 Å². The molecule has 14 heavy (non-hydrogen) atoms. The lowest BCUT2D eigenvalue weighted by molar-refractivity contribution is 0.0963. The third-order valence-electron chi connectivity index (χ3n) is 1.60. The Labute approximate surface area is 85.6 Å². The minimum absolute atomic E-state index is 0.239. The number of nitrogens with one attached hydrogen (secondary N) is 1. The maximum atomic E-state index is 11.2.